The first-order chi connectivity index (χ1) is 9.23. The van der Waals surface area contributed by atoms with Gasteiger partial charge in [-0.3, -0.25) is 4.79 Å². The zero-order valence-electron chi connectivity index (χ0n) is 12.5. The number of aliphatic hydroxyl groups excluding tert-OH is 1. The predicted molar refractivity (Wildman–Crippen MR) is 77.6 cm³/mol. The summed E-state index contributed by atoms with van der Waals surface area (Å²) >= 11 is 0. The van der Waals surface area contributed by atoms with Crippen molar-refractivity contribution in [1.82, 2.24) is 9.62 Å². The fourth-order valence-electron chi connectivity index (χ4n) is 2.56. The van der Waals surface area contributed by atoms with E-state index < -0.39 is 16.1 Å². The van der Waals surface area contributed by atoms with Crippen LogP contribution in [0, 0.1) is 11.8 Å². The fraction of sp³-hybridized carbons (Fsp3) is 0.923. The number of piperidine rings is 1. The van der Waals surface area contributed by atoms with Crippen LogP contribution in [0.25, 0.3) is 0 Å². The quantitative estimate of drug-likeness (QED) is 0.733. The Morgan fingerprint density at radius 1 is 1.45 bits per heavy atom. The summed E-state index contributed by atoms with van der Waals surface area (Å²) in [5.41, 5.74) is 0. The Morgan fingerprint density at radius 2 is 2.10 bits per heavy atom. The van der Waals surface area contributed by atoms with Gasteiger partial charge in [-0.1, -0.05) is 13.8 Å². The molecule has 1 aliphatic heterocycles. The van der Waals surface area contributed by atoms with Gasteiger partial charge in [-0.25, -0.2) is 13.1 Å². The number of carbonyl (C=O) groups is 1. The number of rotatable bonds is 6. The van der Waals surface area contributed by atoms with Crippen molar-refractivity contribution in [3.8, 4) is 0 Å². The number of carbonyl (C=O) groups excluding carboxylic acids is 1. The van der Waals surface area contributed by atoms with E-state index in [2.05, 4.69) is 4.72 Å². The largest absolute Gasteiger partial charge is 0.396 e. The van der Waals surface area contributed by atoms with Crippen molar-refractivity contribution in [1.29, 1.82) is 0 Å². The minimum Gasteiger partial charge on any atom is -0.396 e. The summed E-state index contributed by atoms with van der Waals surface area (Å²) in [5, 5.41) is 9.21. The molecule has 0 aromatic carbocycles. The van der Waals surface area contributed by atoms with Crippen LogP contribution in [0.15, 0.2) is 0 Å². The molecule has 0 spiro atoms. The van der Waals surface area contributed by atoms with Gasteiger partial charge in [0.1, 0.15) is 6.04 Å². The third kappa shape index (κ3) is 5.76. The molecule has 1 aliphatic rings. The Bertz CT molecular complexity index is 422. The first kappa shape index (κ1) is 17.4. The summed E-state index contributed by atoms with van der Waals surface area (Å²) < 4.78 is 25.3. The molecule has 0 saturated carbocycles. The number of hydrogen-bond acceptors (Lipinski definition) is 4. The van der Waals surface area contributed by atoms with Crippen LogP contribution < -0.4 is 4.72 Å². The molecule has 2 unspecified atom stereocenters. The Balaban J connectivity index is 2.76. The number of amides is 1. The molecule has 6 nitrogen and oxygen atoms in total. The molecule has 1 rings (SSSR count). The van der Waals surface area contributed by atoms with E-state index in [-0.39, 0.29) is 24.3 Å². The van der Waals surface area contributed by atoms with Crippen LogP contribution in [0.1, 0.15) is 33.1 Å². The van der Waals surface area contributed by atoms with Crippen LogP contribution in [-0.2, 0) is 14.8 Å². The molecule has 0 aromatic rings. The summed E-state index contributed by atoms with van der Waals surface area (Å²) in [7, 11) is -3.42. The van der Waals surface area contributed by atoms with Gasteiger partial charge in [0.15, 0.2) is 0 Å². The van der Waals surface area contributed by atoms with E-state index in [0.717, 1.165) is 19.1 Å². The van der Waals surface area contributed by atoms with Gasteiger partial charge in [0.05, 0.1) is 6.26 Å². The lowest BCUT2D eigenvalue weighted by molar-refractivity contribution is -0.135. The molecule has 118 valence electrons. The molecular weight excluding hydrogens is 280 g/mol. The summed E-state index contributed by atoms with van der Waals surface area (Å²) in [5.74, 6) is 0.143. The van der Waals surface area contributed by atoms with E-state index in [1.807, 2.05) is 13.8 Å². The molecule has 1 amide bonds. The normalized spacial score (nSPS) is 22.1. The zero-order valence-corrected chi connectivity index (χ0v) is 13.3. The first-order valence-electron chi connectivity index (χ1n) is 7.10. The van der Waals surface area contributed by atoms with Gasteiger partial charge in [-0.2, -0.15) is 0 Å². The van der Waals surface area contributed by atoms with Gasteiger partial charge in [0.2, 0.25) is 15.9 Å². The molecule has 0 aliphatic carbocycles. The van der Waals surface area contributed by atoms with E-state index in [9.17, 15) is 18.3 Å². The van der Waals surface area contributed by atoms with Gasteiger partial charge in [-0.05, 0) is 31.1 Å². The van der Waals surface area contributed by atoms with Crippen LogP contribution in [-0.4, -0.2) is 56.3 Å². The van der Waals surface area contributed by atoms with Gasteiger partial charge in [0, 0.05) is 19.7 Å². The van der Waals surface area contributed by atoms with Gasteiger partial charge >= 0.3 is 0 Å². The second kappa shape index (κ2) is 7.38. The molecule has 20 heavy (non-hydrogen) atoms. The molecule has 7 heteroatoms. The molecule has 0 radical (unpaired) electrons. The van der Waals surface area contributed by atoms with Crippen molar-refractivity contribution in [3.63, 3.8) is 0 Å². The Labute approximate surface area is 121 Å². The molecule has 2 N–H and O–H groups in total. The summed E-state index contributed by atoms with van der Waals surface area (Å²) in [6, 6.07) is -0.706. The molecular formula is C13H26N2O4S. The van der Waals surface area contributed by atoms with Gasteiger partial charge in [-0.15, -0.1) is 0 Å². The van der Waals surface area contributed by atoms with Crippen LogP contribution in [0.3, 0.4) is 0 Å². The minimum absolute atomic E-state index is 0.0676. The number of hydrogen-bond donors (Lipinski definition) is 2. The highest BCUT2D eigenvalue weighted by Gasteiger charge is 2.30. The van der Waals surface area contributed by atoms with Gasteiger partial charge in [0.25, 0.3) is 0 Å². The average Bonchev–Trinajstić information content (AvgIpc) is 2.35. The second-order valence-electron chi connectivity index (χ2n) is 6.05. The highest BCUT2D eigenvalue weighted by molar-refractivity contribution is 7.88. The first-order valence-corrected chi connectivity index (χ1v) is 8.99. The zero-order chi connectivity index (χ0) is 15.3. The maximum atomic E-state index is 12.5. The lowest BCUT2D eigenvalue weighted by Gasteiger charge is -2.34. The van der Waals surface area contributed by atoms with Crippen LogP contribution in [0.4, 0.5) is 0 Å². The summed E-state index contributed by atoms with van der Waals surface area (Å²) in [6.07, 6.45) is 3.31. The van der Waals surface area contributed by atoms with Crippen LogP contribution in [0.2, 0.25) is 0 Å². The second-order valence-corrected chi connectivity index (χ2v) is 7.83. The van der Waals surface area contributed by atoms with Crippen molar-refractivity contribution in [3.05, 3.63) is 0 Å². The average molecular weight is 306 g/mol. The third-order valence-corrected chi connectivity index (χ3v) is 4.16. The standard InChI is InChI=1S/C13H26N2O4S/c1-10(2)7-12(14-20(3,18)19)13(17)15-6-4-5-11(8-15)9-16/h10-12,14,16H,4-9H2,1-3H3. The highest BCUT2D eigenvalue weighted by atomic mass is 32.2. The van der Waals surface area contributed by atoms with Crippen molar-refractivity contribution >= 4 is 15.9 Å². The molecule has 1 fully saturated rings. The third-order valence-electron chi connectivity index (χ3n) is 3.45. The topological polar surface area (TPSA) is 86.7 Å². The van der Waals surface area contributed by atoms with E-state index in [1.165, 1.54) is 0 Å². The van der Waals surface area contributed by atoms with Gasteiger partial charge < -0.3 is 10.0 Å². The molecule has 1 saturated heterocycles. The Hall–Kier alpha value is -0.660. The number of nitrogens with one attached hydrogen (secondary N) is 1. The molecule has 0 bridgehead atoms. The lowest BCUT2D eigenvalue weighted by Crippen LogP contribution is -2.51. The maximum Gasteiger partial charge on any atom is 0.240 e. The van der Waals surface area contributed by atoms with Crippen molar-refractivity contribution < 1.29 is 18.3 Å². The summed E-state index contributed by atoms with van der Waals surface area (Å²) in [4.78, 5) is 14.2. The van der Waals surface area contributed by atoms with Crippen LogP contribution in [0.5, 0.6) is 0 Å². The highest BCUT2D eigenvalue weighted by Crippen LogP contribution is 2.18. The van der Waals surface area contributed by atoms with E-state index >= 15 is 0 Å². The summed E-state index contributed by atoms with van der Waals surface area (Å²) in [6.45, 7) is 5.12. The number of sulfonamides is 1. The molecule has 1 heterocycles. The monoisotopic (exact) mass is 306 g/mol. The molecule has 0 aromatic heterocycles. The van der Waals surface area contributed by atoms with Crippen molar-refractivity contribution in [2.45, 2.75) is 39.2 Å². The van der Waals surface area contributed by atoms with E-state index in [0.29, 0.717) is 19.5 Å². The Kier molecular flexibility index (Phi) is 6.42. The van der Waals surface area contributed by atoms with E-state index in [4.69, 9.17) is 0 Å². The number of aliphatic hydroxyl groups is 1. The maximum absolute atomic E-state index is 12.5. The molecule has 2 atom stereocenters. The predicted octanol–water partition coefficient (Wildman–Crippen LogP) is 0.181. The SMILES string of the molecule is CC(C)CC(NS(C)(=O)=O)C(=O)N1CCCC(CO)C1. The van der Waals surface area contributed by atoms with Crippen molar-refractivity contribution in [2.75, 3.05) is 26.0 Å². The van der Waals surface area contributed by atoms with E-state index in [1.54, 1.807) is 4.90 Å². The number of likely N-dealkylation sites (tertiary alicyclic amines) is 1. The smallest absolute Gasteiger partial charge is 0.240 e. The van der Waals surface area contributed by atoms with Crippen molar-refractivity contribution in [2.24, 2.45) is 11.8 Å². The van der Waals surface area contributed by atoms with Crippen LogP contribution >= 0.6 is 0 Å². The number of nitrogens with zero attached hydrogens (tertiary/aromatic N) is 1. The Morgan fingerprint density at radius 3 is 2.60 bits per heavy atom. The lowest BCUT2D eigenvalue weighted by atomic mass is 9.97. The minimum atomic E-state index is -3.42. The fourth-order valence-corrected chi connectivity index (χ4v) is 3.28.